The molecular weight excluding hydrogens is 538 g/mol. The third-order valence-electron chi connectivity index (χ3n) is 8.77. The van der Waals surface area contributed by atoms with Gasteiger partial charge < -0.3 is 18.8 Å². The summed E-state index contributed by atoms with van der Waals surface area (Å²) in [5.41, 5.74) is 5.08. The molecular formula is C37H31NO5. The molecule has 7 rings (SSSR count). The summed E-state index contributed by atoms with van der Waals surface area (Å²) in [4.78, 5) is 25.4. The summed E-state index contributed by atoms with van der Waals surface area (Å²) >= 11 is 0. The molecule has 2 heterocycles. The highest BCUT2D eigenvalue weighted by molar-refractivity contribution is 6.09. The van der Waals surface area contributed by atoms with Gasteiger partial charge in [-0.15, -0.1) is 0 Å². The fraction of sp³-hybridized carbons (Fsp3) is 0.189. The van der Waals surface area contributed by atoms with Crippen molar-refractivity contribution in [3.05, 3.63) is 119 Å². The zero-order valence-corrected chi connectivity index (χ0v) is 24.3. The highest BCUT2D eigenvalue weighted by Crippen LogP contribution is 2.50. The van der Waals surface area contributed by atoms with Crippen molar-refractivity contribution in [3.8, 4) is 11.5 Å². The van der Waals surface area contributed by atoms with Crippen LogP contribution >= 0.6 is 0 Å². The van der Waals surface area contributed by atoms with E-state index in [9.17, 15) is 9.59 Å². The molecule has 214 valence electrons. The van der Waals surface area contributed by atoms with Crippen molar-refractivity contribution in [3.63, 3.8) is 0 Å². The molecule has 0 aliphatic carbocycles. The van der Waals surface area contributed by atoms with Gasteiger partial charge in [0.1, 0.15) is 17.9 Å². The minimum atomic E-state index is -0.612. The molecule has 0 saturated carbocycles. The molecule has 0 saturated heterocycles. The second kappa shape index (κ2) is 10.3. The van der Waals surface area contributed by atoms with E-state index in [2.05, 4.69) is 78.2 Å². The number of aromatic nitrogens is 1. The van der Waals surface area contributed by atoms with Crippen LogP contribution in [0, 0.1) is 0 Å². The Bertz CT molecular complexity index is 2060. The number of hydrogen-bond acceptors (Lipinski definition) is 5. The molecule has 0 N–H and O–H groups in total. The van der Waals surface area contributed by atoms with Gasteiger partial charge in [0.25, 0.3) is 0 Å². The van der Waals surface area contributed by atoms with E-state index in [-0.39, 0.29) is 17.9 Å². The topological polar surface area (TPSA) is 66.8 Å². The SMILES string of the molecule is CCn1c2ccccc2c2ccc(C3(c4ccccc4)COc4c(C(=O)OC)c(OC(C)=O)c5ccccc5c4C3)cc21. The summed E-state index contributed by atoms with van der Waals surface area (Å²) in [6.07, 6.45) is 0.565. The number of methoxy groups -OCH3 is 1. The van der Waals surface area contributed by atoms with Gasteiger partial charge in [-0.3, -0.25) is 4.79 Å². The van der Waals surface area contributed by atoms with Gasteiger partial charge in [0, 0.05) is 46.2 Å². The molecule has 0 bridgehead atoms. The third-order valence-corrected chi connectivity index (χ3v) is 8.77. The number of rotatable bonds is 5. The van der Waals surface area contributed by atoms with Crippen LogP contribution in [0.2, 0.25) is 0 Å². The van der Waals surface area contributed by atoms with Crippen LogP contribution < -0.4 is 9.47 Å². The van der Waals surface area contributed by atoms with Crippen LogP contribution in [0.15, 0.2) is 97.1 Å². The Labute approximate surface area is 249 Å². The molecule has 5 aromatic carbocycles. The highest BCUT2D eigenvalue weighted by atomic mass is 16.5. The number of para-hydroxylation sites is 1. The standard InChI is InChI=1S/C37H31NO5/c1-4-38-31-17-11-10-15-27(31)28-19-18-25(20-32(28)38)37(24-12-6-5-7-13-24)21-30-26-14-8-9-16-29(26)35(43-23(2)39)33(36(40)41-3)34(30)42-22-37/h5-20H,4,21-22H2,1-3H3. The number of aryl methyl sites for hydroxylation is 1. The number of benzene rings is 5. The van der Waals surface area contributed by atoms with Crippen molar-refractivity contribution in [2.75, 3.05) is 13.7 Å². The molecule has 6 heteroatoms. The molecule has 1 unspecified atom stereocenters. The average Bonchev–Trinajstić information content (AvgIpc) is 3.37. The fourth-order valence-electron chi connectivity index (χ4n) is 6.86. The van der Waals surface area contributed by atoms with Gasteiger partial charge in [0.2, 0.25) is 0 Å². The number of fused-ring (bicyclic) bond motifs is 6. The van der Waals surface area contributed by atoms with Crippen molar-refractivity contribution in [1.29, 1.82) is 0 Å². The van der Waals surface area contributed by atoms with Gasteiger partial charge in [0.15, 0.2) is 5.75 Å². The van der Waals surface area contributed by atoms with Gasteiger partial charge in [0.05, 0.1) is 12.5 Å². The molecule has 43 heavy (non-hydrogen) atoms. The smallest absolute Gasteiger partial charge is 0.345 e. The Morgan fingerprint density at radius 2 is 1.49 bits per heavy atom. The Kier molecular flexibility index (Phi) is 6.42. The van der Waals surface area contributed by atoms with E-state index < -0.39 is 17.4 Å². The van der Waals surface area contributed by atoms with Gasteiger partial charge in [-0.05, 0) is 42.0 Å². The molecule has 0 amide bonds. The first-order chi connectivity index (χ1) is 21.0. The summed E-state index contributed by atoms with van der Waals surface area (Å²) in [5, 5.41) is 3.97. The van der Waals surface area contributed by atoms with Gasteiger partial charge in [-0.1, -0.05) is 84.9 Å². The molecule has 1 atom stereocenters. The van der Waals surface area contributed by atoms with Crippen molar-refractivity contribution < 1.29 is 23.8 Å². The quantitative estimate of drug-likeness (QED) is 0.158. The van der Waals surface area contributed by atoms with E-state index in [0.29, 0.717) is 17.6 Å². The van der Waals surface area contributed by atoms with Crippen LogP contribution in [0.25, 0.3) is 32.6 Å². The van der Waals surface area contributed by atoms with E-state index in [1.54, 1.807) is 0 Å². The van der Waals surface area contributed by atoms with E-state index in [1.165, 1.54) is 35.8 Å². The number of carbonyl (C=O) groups is 2. The maximum atomic E-state index is 13.2. The summed E-state index contributed by atoms with van der Waals surface area (Å²) in [5.74, 6) is -0.574. The Balaban J connectivity index is 1.52. The summed E-state index contributed by atoms with van der Waals surface area (Å²) in [6, 6.07) is 33.3. The van der Waals surface area contributed by atoms with Crippen LogP contribution in [0.5, 0.6) is 11.5 Å². The van der Waals surface area contributed by atoms with Crippen LogP contribution in [0.4, 0.5) is 0 Å². The zero-order valence-electron chi connectivity index (χ0n) is 24.3. The Morgan fingerprint density at radius 1 is 0.814 bits per heavy atom. The third kappa shape index (κ3) is 4.08. The lowest BCUT2D eigenvalue weighted by molar-refractivity contribution is -0.131. The van der Waals surface area contributed by atoms with E-state index >= 15 is 0 Å². The lowest BCUT2D eigenvalue weighted by Crippen LogP contribution is -2.41. The largest absolute Gasteiger partial charge is 0.491 e. The lowest BCUT2D eigenvalue weighted by atomic mass is 9.69. The van der Waals surface area contributed by atoms with E-state index in [4.69, 9.17) is 14.2 Å². The van der Waals surface area contributed by atoms with Crippen LogP contribution in [-0.2, 0) is 27.9 Å². The van der Waals surface area contributed by atoms with Crippen molar-refractivity contribution in [1.82, 2.24) is 4.57 Å². The first-order valence-electron chi connectivity index (χ1n) is 14.5. The number of carbonyl (C=O) groups excluding carboxylic acids is 2. The second-order valence-corrected chi connectivity index (χ2v) is 11.0. The monoisotopic (exact) mass is 569 g/mol. The number of ether oxygens (including phenoxy) is 3. The summed E-state index contributed by atoms with van der Waals surface area (Å²) in [7, 11) is 1.32. The molecule has 0 spiro atoms. The molecule has 1 aliphatic heterocycles. The minimum Gasteiger partial charge on any atom is -0.491 e. The van der Waals surface area contributed by atoms with Crippen LogP contribution in [0.1, 0.15) is 40.9 Å². The minimum absolute atomic E-state index is 0.134. The van der Waals surface area contributed by atoms with Gasteiger partial charge >= 0.3 is 11.9 Å². The maximum absolute atomic E-state index is 13.2. The second-order valence-electron chi connectivity index (χ2n) is 11.0. The molecule has 0 radical (unpaired) electrons. The Hall–Kier alpha value is -5.10. The lowest BCUT2D eigenvalue weighted by Gasteiger charge is -2.40. The molecule has 1 aromatic heterocycles. The van der Waals surface area contributed by atoms with E-state index in [1.807, 2.05) is 30.3 Å². The predicted octanol–water partition coefficient (Wildman–Crippen LogP) is 7.60. The normalized spacial score (nSPS) is 16.2. The molecule has 1 aliphatic rings. The number of nitrogens with zero attached hydrogens (tertiary/aromatic N) is 1. The number of hydrogen-bond donors (Lipinski definition) is 0. The predicted molar refractivity (Wildman–Crippen MR) is 168 cm³/mol. The summed E-state index contributed by atoms with van der Waals surface area (Å²) < 4.78 is 19.9. The Morgan fingerprint density at radius 3 is 2.21 bits per heavy atom. The van der Waals surface area contributed by atoms with Crippen molar-refractivity contribution >= 4 is 44.5 Å². The number of esters is 2. The van der Waals surface area contributed by atoms with E-state index in [0.717, 1.165) is 28.6 Å². The molecule has 0 fully saturated rings. The van der Waals surface area contributed by atoms with Crippen LogP contribution in [0.3, 0.4) is 0 Å². The first-order valence-corrected chi connectivity index (χ1v) is 14.5. The average molecular weight is 570 g/mol. The van der Waals surface area contributed by atoms with Crippen LogP contribution in [-0.4, -0.2) is 30.2 Å². The summed E-state index contributed by atoms with van der Waals surface area (Å²) in [6.45, 7) is 4.62. The molecule has 6 aromatic rings. The van der Waals surface area contributed by atoms with Crippen molar-refractivity contribution in [2.45, 2.75) is 32.2 Å². The van der Waals surface area contributed by atoms with Gasteiger partial charge in [-0.25, -0.2) is 4.79 Å². The molecule has 6 nitrogen and oxygen atoms in total. The van der Waals surface area contributed by atoms with Gasteiger partial charge in [-0.2, -0.15) is 0 Å². The van der Waals surface area contributed by atoms with Crippen molar-refractivity contribution in [2.24, 2.45) is 0 Å². The highest BCUT2D eigenvalue weighted by Gasteiger charge is 2.43. The maximum Gasteiger partial charge on any atom is 0.345 e. The fourth-order valence-corrected chi connectivity index (χ4v) is 6.86. The first kappa shape index (κ1) is 26.8. The zero-order chi connectivity index (χ0) is 29.7.